The minimum absolute atomic E-state index is 0.0810. The van der Waals surface area contributed by atoms with Crippen molar-refractivity contribution < 1.29 is 9.53 Å². The largest absolute Gasteiger partial charge is 0.381 e. The maximum absolute atomic E-state index is 12.2. The molecule has 1 atom stereocenters. The van der Waals surface area contributed by atoms with Crippen LogP contribution in [0.1, 0.15) is 30.2 Å². The lowest BCUT2D eigenvalue weighted by Crippen LogP contribution is -2.28. The number of rotatable bonds is 3. The highest BCUT2D eigenvalue weighted by molar-refractivity contribution is 9.09. The molecule has 1 heterocycles. The molecule has 0 spiro atoms. The Morgan fingerprint density at radius 1 is 1.39 bits per heavy atom. The smallest absolute Gasteiger partial charge is 0.227 e. The molecule has 1 saturated heterocycles. The lowest BCUT2D eigenvalue weighted by molar-refractivity contribution is -0.122. The van der Waals surface area contributed by atoms with Gasteiger partial charge in [0.05, 0.1) is 0 Å². The third-order valence-electron chi connectivity index (χ3n) is 3.24. The van der Waals surface area contributed by atoms with Crippen molar-refractivity contribution >= 4 is 27.5 Å². The van der Waals surface area contributed by atoms with E-state index in [1.165, 1.54) is 0 Å². The van der Waals surface area contributed by atoms with Crippen molar-refractivity contribution in [3.8, 4) is 0 Å². The monoisotopic (exact) mass is 311 g/mol. The van der Waals surface area contributed by atoms with E-state index in [-0.39, 0.29) is 16.7 Å². The second-order valence-corrected chi connectivity index (χ2v) is 5.95. The number of benzene rings is 1. The molecular formula is C14H18BrNO2. The number of amides is 1. The molecule has 0 bridgehead atoms. The van der Waals surface area contributed by atoms with Gasteiger partial charge in [-0.1, -0.05) is 34.1 Å². The van der Waals surface area contributed by atoms with Crippen molar-refractivity contribution in [3.63, 3.8) is 0 Å². The van der Waals surface area contributed by atoms with Crippen molar-refractivity contribution in [3.05, 3.63) is 29.8 Å². The summed E-state index contributed by atoms with van der Waals surface area (Å²) < 4.78 is 5.27. The number of alkyl halides is 1. The van der Waals surface area contributed by atoms with Gasteiger partial charge in [-0.15, -0.1) is 0 Å². The van der Waals surface area contributed by atoms with Crippen LogP contribution in [0.3, 0.4) is 0 Å². The number of carbonyl (C=O) groups is 1. The summed E-state index contributed by atoms with van der Waals surface area (Å²) in [6, 6.07) is 7.90. The van der Waals surface area contributed by atoms with E-state index in [0.717, 1.165) is 24.1 Å². The highest BCUT2D eigenvalue weighted by atomic mass is 79.9. The molecule has 18 heavy (non-hydrogen) atoms. The average Bonchev–Trinajstić information content (AvgIpc) is 2.40. The fraction of sp³-hybridized carbons (Fsp3) is 0.500. The number of nitrogens with one attached hydrogen (secondary N) is 1. The zero-order valence-electron chi connectivity index (χ0n) is 10.5. The van der Waals surface area contributed by atoms with Crippen LogP contribution < -0.4 is 5.32 Å². The van der Waals surface area contributed by atoms with E-state index in [2.05, 4.69) is 28.2 Å². The van der Waals surface area contributed by atoms with E-state index < -0.39 is 0 Å². The van der Waals surface area contributed by atoms with Crippen molar-refractivity contribution in [2.24, 2.45) is 5.92 Å². The van der Waals surface area contributed by atoms with Gasteiger partial charge in [-0.2, -0.15) is 0 Å². The molecule has 0 saturated carbocycles. The number of para-hydroxylation sites is 1. The molecule has 1 aliphatic heterocycles. The SMILES string of the molecule is CC(Br)c1ccccc1NC(=O)C1CCOCC1. The summed E-state index contributed by atoms with van der Waals surface area (Å²) in [7, 11) is 0. The van der Waals surface area contributed by atoms with E-state index in [0.29, 0.717) is 13.2 Å². The van der Waals surface area contributed by atoms with Gasteiger partial charge in [0.2, 0.25) is 5.91 Å². The first-order valence-electron chi connectivity index (χ1n) is 6.30. The van der Waals surface area contributed by atoms with Crippen molar-refractivity contribution in [1.82, 2.24) is 0 Å². The van der Waals surface area contributed by atoms with Crippen molar-refractivity contribution in [1.29, 1.82) is 0 Å². The second kappa shape index (κ2) is 6.34. The molecule has 2 rings (SSSR count). The Balaban J connectivity index is 2.06. The third-order valence-corrected chi connectivity index (χ3v) is 3.73. The first-order chi connectivity index (χ1) is 8.68. The molecule has 0 aliphatic carbocycles. The molecule has 1 unspecified atom stereocenters. The molecule has 1 aromatic carbocycles. The molecule has 0 radical (unpaired) electrons. The van der Waals surface area contributed by atoms with Crippen molar-refractivity contribution in [2.75, 3.05) is 18.5 Å². The Labute approximate surface area is 116 Å². The summed E-state index contributed by atoms with van der Waals surface area (Å²) in [6.45, 7) is 3.43. The van der Waals surface area contributed by atoms with E-state index in [9.17, 15) is 4.79 Å². The van der Waals surface area contributed by atoms with Crippen LogP contribution in [0.2, 0.25) is 0 Å². The third kappa shape index (κ3) is 3.33. The van der Waals surface area contributed by atoms with Crippen LogP contribution in [0.5, 0.6) is 0 Å². The van der Waals surface area contributed by atoms with Gasteiger partial charge in [-0.05, 0) is 31.4 Å². The summed E-state index contributed by atoms with van der Waals surface area (Å²) >= 11 is 3.55. The number of anilines is 1. The highest BCUT2D eigenvalue weighted by Gasteiger charge is 2.22. The minimum atomic E-state index is 0.0810. The Morgan fingerprint density at radius 2 is 2.06 bits per heavy atom. The lowest BCUT2D eigenvalue weighted by atomic mass is 9.99. The van der Waals surface area contributed by atoms with E-state index in [1.807, 2.05) is 24.3 Å². The van der Waals surface area contributed by atoms with Crippen molar-refractivity contribution in [2.45, 2.75) is 24.6 Å². The van der Waals surface area contributed by atoms with Gasteiger partial charge in [0.1, 0.15) is 0 Å². The maximum Gasteiger partial charge on any atom is 0.227 e. The molecule has 1 aromatic rings. The van der Waals surface area contributed by atoms with Crippen LogP contribution in [-0.4, -0.2) is 19.1 Å². The molecule has 4 heteroatoms. The Hall–Kier alpha value is -0.870. The molecule has 1 aliphatic rings. The van der Waals surface area contributed by atoms with Gasteiger partial charge < -0.3 is 10.1 Å². The Kier molecular flexibility index (Phi) is 4.78. The van der Waals surface area contributed by atoms with E-state index in [4.69, 9.17) is 4.74 Å². The first-order valence-corrected chi connectivity index (χ1v) is 7.21. The fourth-order valence-corrected chi connectivity index (χ4v) is 2.55. The van der Waals surface area contributed by atoms with Crippen LogP contribution in [0.4, 0.5) is 5.69 Å². The molecule has 1 amide bonds. The normalized spacial score (nSPS) is 18.3. The summed E-state index contributed by atoms with van der Waals surface area (Å²) in [5.74, 6) is 0.191. The summed E-state index contributed by atoms with van der Waals surface area (Å²) in [5.41, 5.74) is 2.01. The number of ether oxygens (including phenoxy) is 1. The number of hydrogen-bond acceptors (Lipinski definition) is 2. The molecule has 1 fully saturated rings. The fourth-order valence-electron chi connectivity index (χ4n) is 2.15. The molecular weight excluding hydrogens is 294 g/mol. The number of hydrogen-bond donors (Lipinski definition) is 1. The summed E-state index contributed by atoms with van der Waals surface area (Å²) in [5, 5.41) is 3.04. The van der Waals surface area contributed by atoms with Crippen LogP contribution in [-0.2, 0) is 9.53 Å². The zero-order chi connectivity index (χ0) is 13.0. The predicted molar refractivity (Wildman–Crippen MR) is 76.0 cm³/mol. The molecule has 98 valence electrons. The quantitative estimate of drug-likeness (QED) is 0.868. The van der Waals surface area contributed by atoms with Crippen LogP contribution >= 0.6 is 15.9 Å². The summed E-state index contributed by atoms with van der Waals surface area (Å²) in [4.78, 5) is 12.4. The standard InChI is InChI=1S/C14H18BrNO2/c1-10(15)12-4-2-3-5-13(12)16-14(17)11-6-8-18-9-7-11/h2-5,10-11H,6-9H2,1H3,(H,16,17). The second-order valence-electron chi connectivity index (χ2n) is 4.58. The van der Waals surface area contributed by atoms with Gasteiger partial charge in [0, 0.05) is 29.6 Å². The predicted octanol–water partition coefficient (Wildman–Crippen LogP) is 3.51. The Bertz CT molecular complexity index is 414. The van der Waals surface area contributed by atoms with Crippen LogP contribution in [0, 0.1) is 5.92 Å². The molecule has 3 nitrogen and oxygen atoms in total. The highest BCUT2D eigenvalue weighted by Crippen LogP contribution is 2.29. The number of carbonyl (C=O) groups excluding carboxylic acids is 1. The van der Waals surface area contributed by atoms with E-state index in [1.54, 1.807) is 0 Å². The molecule has 1 N–H and O–H groups in total. The number of halogens is 1. The van der Waals surface area contributed by atoms with Gasteiger partial charge >= 0.3 is 0 Å². The van der Waals surface area contributed by atoms with Gasteiger partial charge in [-0.3, -0.25) is 4.79 Å². The topological polar surface area (TPSA) is 38.3 Å². The van der Waals surface area contributed by atoms with Crippen LogP contribution in [0.25, 0.3) is 0 Å². The summed E-state index contributed by atoms with van der Waals surface area (Å²) in [6.07, 6.45) is 1.63. The average molecular weight is 312 g/mol. The molecule has 0 aromatic heterocycles. The van der Waals surface area contributed by atoms with Crippen LogP contribution in [0.15, 0.2) is 24.3 Å². The lowest BCUT2D eigenvalue weighted by Gasteiger charge is -2.22. The van der Waals surface area contributed by atoms with Gasteiger partial charge in [-0.25, -0.2) is 0 Å². The maximum atomic E-state index is 12.2. The first kappa shape index (κ1) is 13.6. The Morgan fingerprint density at radius 3 is 2.72 bits per heavy atom. The van der Waals surface area contributed by atoms with E-state index >= 15 is 0 Å². The zero-order valence-corrected chi connectivity index (χ0v) is 12.1. The minimum Gasteiger partial charge on any atom is -0.381 e. The van der Waals surface area contributed by atoms with Gasteiger partial charge in [0.25, 0.3) is 0 Å². The van der Waals surface area contributed by atoms with Gasteiger partial charge in [0.15, 0.2) is 0 Å².